The molecule has 0 aliphatic heterocycles. The van der Waals surface area contributed by atoms with E-state index in [1.165, 1.54) is 34.9 Å². The average Bonchev–Trinajstić information content (AvgIpc) is 2.16. The van der Waals surface area contributed by atoms with Crippen LogP contribution in [0.3, 0.4) is 0 Å². The number of fused-ring (bicyclic) bond motifs is 1. The lowest BCUT2D eigenvalue weighted by Gasteiger charge is -2.25. The van der Waals surface area contributed by atoms with Gasteiger partial charge in [-0.3, -0.25) is 0 Å². The number of aryl methyl sites for hydroxylation is 1. The first-order valence-electron chi connectivity index (χ1n) is 4.77. The highest BCUT2D eigenvalue weighted by Crippen LogP contribution is 2.31. The zero-order valence-corrected chi connectivity index (χ0v) is 9.39. The second kappa shape index (κ2) is 3.81. The molecule has 1 unspecified atom stereocenters. The molecule has 0 spiro atoms. The summed E-state index contributed by atoms with van der Waals surface area (Å²) in [5.74, 6) is 0. The third kappa shape index (κ3) is 1.79. The van der Waals surface area contributed by atoms with Crippen LogP contribution in [0.4, 0.5) is 0 Å². The van der Waals surface area contributed by atoms with Gasteiger partial charge in [-0.15, -0.1) is 0 Å². The summed E-state index contributed by atoms with van der Waals surface area (Å²) in [6, 6.07) is 7.18. The molecular weight excluding hydrogens is 226 g/mol. The van der Waals surface area contributed by atoms with Crippen LogP contribution in [-0.4, -0.2) is 7.05 Å². The van der Waals surface area contributed by atoms with Crippen molar-refractivity contribution in [3.8, 4) is 0 Å². The van der Waals surface area contributed by atoms with E-state index in [0.29, 0.717) is 6.04 Å². The van der Waals surface area contributed by atoms with Gasteiger partial charge in [-0.1, -0.05) is 22.0 Å². The quantitative estimate of drug-likeness (QED) is 0.795. The number of hydrogen-bond acceptors (Lipinski definition) is 1. The monoisotopic (exact) mass is 239 g/mol. The smallest absolute Gasteiger partial charge is 0.0320 e. The van der Waals surface area contributed by atoms with Crippen molar-refractivity contribution in [1.29, 1.82) is 0 Å². The summed E-state index contributed by atoms with van der Waals surface area (Å²) in [4.78, 5) is 0. The third-order valence-corrected chi connectivity index (χ3v) is 3.26. The lowest BCUT2D eigenvalue weighted by molar-refractivity contribution is 0.496. The molecule has 70 valence electrons. The Morgan fingerprint density at radius 3 is 3.08 bits per heavy atom. The van der Waals surface area contributed by atoms with Crippen LogP contribution in [0, 0.1) is 0 Å². The molecule has 0 saturated heterocycles. The summed E-state index contributed by atoms with van der Waals surface area (Å²) in [7, 11) is 2.04. The van der Waals surface area contributed by atoms with Gasteiger partial charge in [0.2, 0.25) is 0 Å². The van der Waals surface area contributed by atoms with E-state index < -0.39 is 0 Å². The first-order valence-corrected chi connectivity index (χ1v) is 5.56. The Morgan fingerprint density at radius 2 is 2.31 bits per heavy atom. The number of hydrogen-bond donors (Lipinski definition) is 1. The van der Waals surface area contributed by atoms with Gasteiger partial charge in [0.05, 0.1) is 0 Å². The lowest BCUT2D eigenvalue weighted by Crippen LogP contribution is -2.21. The second-order valence-electron chi connectivity index (χ2n) is 3.58. The summed E-state index contributed by atoms with van der Waals surface area (Å²) < 4.78 is 1.20. The first-order chi connectivity index (χ1) is 6.31. The van der Waals surface area contributed by atoms with E-state index in [2.05, 4.69) is 39.4 Å². The molecule has 1 nitrogen and oxygen atoms in total. The van der Waals surface area contributed by atoms with Gasteiger partial charge in [0.25, 0.3) is 0 Å². The minimum atomic E-state index is 0.567. The average molecular weight is 240 g/mol. The minimum absolute atomic E-state index is 0.567. The lowest BCUT2D eigenvalue weighted by atomic mass is 9.88. The van der Waals surface area contributed by atoms with Crippen LogP contribution in [0.2, 0.25) is 0 Å². The SMILES string of the molecule is CNC1CCCc2cc(Br)ccc21. The van der Waals surface area contributed by atoms with Crippen LogP contribution in [0.25, 0.3) is 0 Å². The van der Waals surface area contributed by atoms with Crippen LogP contribution in [0.1, 0.15) is 30.0 Å². The maximum atomic E-state index is 3.51. The Labute approximate surface area is 87.7 Å². The largest absolute Gasteiger partial charge is 0.313 e. The van der Waals surface area contributed by atoms with E-state index in [1.807, 2.05) is 7.05 Å². The number of rotatable bonds is 1. The van der Waals surface area contributed by atoms with Gasteiger partial charge in [0.15, 0.2) is 0 Å². The molecule has 1 aromatic rings. The molecule has 0 heterocycles. The molecule has 2 rings (SSSR count). The number of halogens is 1. The van der Waals surface area contributed by atoms with Crippen LogP contribution in [-0.2, 0) is 6.42 Å². The summed E-state index contributed by atoms with van der Waals surface area (Å²) in [5.41, 5.74) is 2.98. The van der Waals surface area contributed by atoms with Crippen molar-refractivity contribution in [2.45, 2.75) is 25.3 Å². The molecule has 0 bridgehead atoms. The van der Waals surface area contributed by atoms with Crippen molar-refractivity contribution in [2.75, 3.05) is 7.05 Å². The predicted octanol–water partition coefficient (Wildman–Crippen LogP) is 3.05. The molecule has 1 aliphatic carbocycles. The number of benzene rings is 1. The van der Waals surface area contributed by atoms with Crippen molar-refractivity contribution in [2.24, 2.45) is 0 Å². The molecule has 0 radical (unpaired) electrons. The molecule has 0 saturated carbocycles. The zero-order chi connectivity index (χ0) is 9.26. The topological polar surface area (TPSA) is 12.0 Å². The van der Waals surface area contributed by atoms with E-state index in [1.54, 1.807) is 0 Å². The third-order valence-electron chi connectivity index (χ3n) is 2.77. The highest BCUT2D eigenvalue weighted by Gasteiger charge is 2.17. The standard InChI is InChI=1S/C11H14BrN/c1-13-11-4-2-3-8-7-9(12)5-6-10(8)11/h5-7,11,13H,2-4H2,1H3. The van der Waals surface area contributed by atoms with Gasteiger partial charge >= 0.3 is 0 Å². The first kappa shape index (κ1) is 9.22. The normalized spacial score (nSPS) is 21.2. The van der Waals surface area contributed by atoms with Crippen molar-refractivity contribution >= 4 is 15.9 Å². The van der Waals surface area contributed by atoms with Crippen molar-refractivity contribution in [1.82, 2.24) is 5.32 Å². The van der Waals surface area contributed by atoms with Crippen LogP contribution in [0.5, 0.6) is 0 Å². The van der Waals surface area contributed by atoms with E-state index >= 15 is 0 Å². The van der Waals surface area contributed by atoms with Crippen LogP contribution >= 0.6 is 15.9 Å². The molecule has 0 aromatic heterocycles. The molecule has 0 fully saturated rings. The van der Waals surface area contributed by atoms with Gasteiger partial charge < -0.3 is 5.32 Å². The van der Waals surface area contributed by atoms with Gasteiger partial charge in [-0.2, -0.15) is 0 Å². The van der Waals surface area contributed by atoms with Gasteiger partial charge in [-0.05, 0) is 49.6 Å². The molecule has 2 heteroatoms. The number of nitrogens with one attached hydrogen (secondary N) is 1. The minimum Gasteiger partial charge on any atom is -0.313 e. The highest BCUT2D eigenvalue weighted by molar-refractivity contribution is 9.10. The maximum Gasteiger partial charge on any atom is 0.0320 e. The highest BCUT2D eigenvalue weighted by atomic mass is 79.9. The van der Waals surface area contributed by atoms with E-state index in [9.17, 15) is 0 Å². The summed E-state index contributed by atoms with van der Waals surface area (Å²) in [5, 5.41) is 3.36. The Morgan fingerprint density at radius 1 is 1.46 bits per heavy atom. The predicted molar refractivity (Wildman–Crippen MR) is 58.9 cm³/mol. The summed E-state index contributed by atoms with van der Waals surface area (Å²) >= 11 is 3.51. The molecule has 1 aromatic carbocycles. The molecule has 13 heavy (non-hydrogen) atoms. The fourth-order valence-electron chi connectivity index (χ4n) is 2.08. The fourth-order valence-corrected chi connectivity index (χ4v) is 2.49. The Balaban J connectivity index is 2.40. The zero-order valence-electron chi connectivity index (χ0n) is 7.81. The van der Waals surface area contributed by atoms with Gasteiger partial charge in [0.1, 0.15) is 0 Å². The Hall–Kier alpha value is -0.340. The molecule has 1 aliphatic rings. The van der Waals surface area contributed by atoms with Crippen molar-refractivity contribution in [3.05, 3.63) is 33.8 Å². The fraction of sp³-hybridized carbons (Fsp3) is 0.455. The summed E-state index contributed by atoms with van der Waals surface area (Å²) in [6.45, 7) is 0. The van der Waals surface area contributed by atoms with Crippen molar-refractivity contribution in [3.63, 3.8) is 0 Å². The van der Waals surface area contributed by atoms with Gasteiger partial charge in [0, 0.05) is 10.5 Å². The molecule has 1 N–H and O–H groups in total. The second-order valence-corrected chi connectivity index (χ2v) is 4.49. The maximum absolute atomic E-state index is 3.51. The molecule has 0 amide bonds. The Bertz CT molecular complexity index is 309. The van der Waals surface area contributed by atoms with Crippen LogP contribution in [0.15, 0.2) is 22.7 Å². The van der Waals surface area contributed by atoms with Crippen molar-refractivity contribution < 1.29 is 0 Å². The molecule has 1 atom stereocenters. The van der Waals surface area contributed by atoms with E-state index in [4.69, 9.17) is 0 Å². The van der Waals surface area contributed by atoms with E-state index in [0.717, 1.165) is 0 Å². The van der Waals surface area contributed by atoms with Crippen LogP contribution < -0.4 is 5.32 Å². The summed E-state index contributed by atoms with van der Waals surface area (Å²) in [6.07, 6.45) is 3.80. The van der Waals surface area contributed by atoms with E-state index in [-0.39, 0.29) is 0 Å². The van der Waals surface area contributed by atoms with Gasteiger partial charge in [-0.25, -0.2) is 0 Å². The Kier molecular flexibility index (Phi) is 2.70. The molecular formula is C11H14BrN.